The van der Waals surface area contributed by atoms with E-state index in [4.69, 9.17) is 5.73 Å². The Labute approximate surface area is 214 Å². The van der Waals surface area contributed by atoms with Crippen LogP contribution in [0.15, 0.2) is 24.7 Å². The van der Waals surface area contributed by atoms with Crippen LogP contribution in [-0.2, 0) is 6.42 Å². The Bertz CT molecular complexity index is 857. The molecule has 4 unspecified atom stereocenters. The van der Waals surface area contributed by atoms with E-state index >= 15 is 0 Å². The molecule has 0 spiro atoms. The number of rotatable bonds is 5. The van der Waals surface area contributed by atoms with Crippen LogP contribution >= 0.6 is 0 Å². The zero-order valence-electron chi connectivity index (χ0n) is 22.5. The minimum Gasteiger partial charge on any atom is -0.360 e. The fraction of sp³-hybridized carbons (Fsp3) is 0.774. The van der Waals surface area contributed by atoms with E-state index in [2.05, 4.69) is 34.5 Å². The van der Waals surface area contributed by atoms with Crippen molar-refractivity contribution in [3.05, 3.63) is 30.2 Å². The van der Waals surface area contributed by atoms with Crippen LogP contribution in [0.25, 0.3) is 10.9 Å². The van der Waals surface area contributed by atoms with Crippen LogP contribution < -0.4 is 11.1 Å². The molecule has 4 N–H and O–H groups in total. The number of fused-ring (bicyclic) bond motifs is 1. The van der Waals surface area contributed by atoms with Gasteiger partial charge >= 0.3 is 0 Å². The summed E-state index contributed by atoms with van der Waals surface area (Å²) < 4.78 is 0. The number of nitrogens with one attached hydrogen (secondary N) is 2. The monoisotopic (exact) mass is 480 g/mol. The zero-order valence-corrected chi connectivity index (χ0v) is 22.5. The molecule has 2 aromatic heterocycles. The van der Waals surface area contributed by atoms with Gasteiger partial charge in [0.2, 0.25) is 0 Å². The van der Waals surface area contributed by atoms with Gasteiger partial charge in [-0.25, -0.2) is 0 Å². The maximum atomic E-state index is 6.77. The van der Waals surface area contributed by atoms with Crippen molar-refractivity contribution in [3.8, 4) is 0 Å². The molecule has 2 aromatic rings. The van der Waals surface area contributed by atoms with Crippen LogP contribution in [0.1, 0.15) is 122 Å². The lowest BCUT2D eigenvalue weighted by atomic mass is 9.76. The first-order valence-electron chi connectivity index (χ1n) is 15.0. The highest BCUT2D eigenvalue weighted by Gasteiger charge is 2.27. The highest BCUT2D eigenvalue weighted by atomic mass is 14.9. The van der Waals surface area contributed by atoms with Crippen LogP contribution in [0.4, 0.5) is 0 Å². The van der Waals surface area contributed by atoms with Crippen molar-refractivity contribution in [2.24, 2.45) is 17.6 Å². The van der Waals surface area contributed by atoms with Crippen LogP contribution in [0.2, 0.25) is 0 Å². The molecule has 0 bridgehead atoms. The summed E-state index contributed by atoms with van der Waals surface area (Å²) in [6.07, 6.45) is 30.5. The predicted molar refractivity (Wildman–Crippen MR) is 150 cm³/mol. The largest absolute Gasteiger partial charge is 0.360 e. The van der Waals surface area contributed by atoms with Crippen molar-refractivity contribution in [2.75, 3.05) is 6.54 Å². The lowest BCUT2D eigenvalue weighted by Crippen LogP contribution is -2.37. The summed E-state index contributed by atoms with van der Waals surface area (Å²) in [7, 11) is 0. The molecule has 2 heterocycles. The molecular weight excluding hydrogens is 428 g/mol. The molecule has 2 aliphatic rings. The van der Waals surface area contributed by atoms with Crippen molar-refractivity contribution < 1.29 is 0 Å². The third kappa shape index (κ3) is 8.60. The quantitative estimate of drug-likeness (QED) is 0.411. The first kappa shape index (κ1) is 26.7. The predicted octanol–water partition coefficient (Wildman–Crippen LogP) is 7.67. The Morgan fingerprint density at radius 1 is 0.886 bits per heavy atom. The second-order valence-corrected chi connectivity index (χ2v) is 12.2. The number of H-pyrrole nitrogens is 1. The highest BCUT2D eigenvalue weighted by molar-refractivity contribution is 5.82. The maximum Gasteiger partial charge on any atom is 0.0643 e. The van der Waals surface area contributed by atoms with Gasteiger partial charge in [-0.2, -0.15) is 0 Å². The van der Waals surface area contributed by atoms with Gasteiger partial charge in [0.25, 0.3) is 0 Å². The van der Waals surface area contributed by atoms with E-state index in [0.717, 1.165) is 30.3 Å². The number of aromatic amines is 1. The number of pyridine rings is 1. The van der Waals surface area contributed by atoms with E-state index < -0.39 is 0 Å². The molecule has 0 radical (unpaired) electrons. The molecule has 4 heteroatoms. The molecule has 4 atom stereocenters. The molecule has 0 saturated heterocycles. The van der Waals surface area contributed by atoms with E-state index in [1.807, 2.05) is 12.4 Å². The average molecular weight is 481 g/mol. The average Bonchev–Trinajstić information content (AvgIpc) is 3.30. The van der Waals surface area contributed by atoms with Crippen molar-refractivity contribution in [1.82, 2.24) is 15.3 Å². The first-order valence-corrected chi connectivity index (χ1v) is 15.0. The molecule has 4 nitrogen and oxygen atoms in total. The van der Waals surface area contributed by atoms with E-state index in [1.165, 1.54) is 120 Å². The Balaban J connectivity index is 1.31. The fourth-order valence-corrected chi connectivity index (χ4v) is 6.90. The fourth-order valence-electron chi connectivity index (χ4n) is 6.90. The summed E-state index contributed by atoms with van der Waals surface area (Å²) >= 11 is 0. The van der Waals surface area contributed by atoms with Gasteiger partial charge in [-0.3, -0.25) is 4.98 Å². The summed E-state index contributed by atoms with van der Waals surface area (Å²) in [5.74, 6) is 1.79. The van der Waals surface area contributed by atoms with Crippen molar-refractivity contribution in [1.29, 1.82) is 0 Å². The van der Waals surface area contributed by atoms with Gasteiger partial charge in [0.1, 0.15) is 0 Å². The smallest absolute Gasteiger partial charge is 0.0643 e. The summed E-state index contributed by atoms with van der Waals surface area (Å²) in [6.45, 7) is 3.39. The van der Waals surface area contributed by atoms with Gasteiger partial charge in [-0.05, 0) is 81.9 Å². The Morgan fingerprint density at radius 3 is 2.46 bits per heavy atom. The van der Waals surface area contributed by atoms with E-state index in [0.29, 0.717) is 6.04 Å². The SMILES string of the molecule is CC1(N)CCCCCCCCC(C2CCCCCC(NCCc3c[nH]c4cnccc34)CC2)CC1. The topological polar surface area (TPSA) is 66.7 Å². The van der Waals surface area contributed by atoms with Gasteiger partial charge in [0.05, 0.1) is 11.7 Å². The van der Waals surface area contributed by atoms with Crippen molar-refractivity contribution >= 4 is 10.9 Å². The molecule has 0 aliphatic heterocycles. The van der Waals surface area contributed by atoms with Crippen LogP contribution in [0.5, 0.6) is 0 Å². The van der Waals surface area contributed by atoms with Crippen LogP contribution in [0.3, 0.4) is 0 Å². The van der Waals surface area contributed by atoms with Crippen molar-refractivity contribution in [3.63, 3.8) is 0 Å². The van der Waals surface area contributed by atoms with Crippen LogP contribution in [-0.4, -0.2) is 28.1 Å². The Kier molecular flexibility index (Phi) is 10.5. The maximum absolute atomic E-state index is 6.77. The molecule has 4 rings (SSSR count). The summed E-state index contributed by atoms with van der Waals surface area (Å²) in [6, 6.07) is 2.81. The van der Waals surface area contributed by atoms with Gasteiger partial charge < -0.3 is 16.0 Å². The second kappa shape index (κ2) is 13.8. The van der Waals surface area contributed by atoms with Crippen molar-refractivity contribution in [2.45, 2.75) is 134 Å². The van der Waals surface area contributed by atoms with Crippen LogP contribution in [0, 0.1) is 11.8 Å². The normalized spacial score (nSPS) is 30.5. The van der Waals surface area contributed by atoms with Gasteiger partial charge in [-0.1, -0.05) is 70.6 Å². The minimum absolute atomic E-state index is 0.0402. The third-order valence-corrected chi connectivity index (χ3v) is 9.24. The first-order chi connectivity index (χ1) is 17.1. The Morgan fingerprint density at radius 2 is 1.60 bits per heavy atom. The second-order valence-electron chi connectivity index (χ2n) is 12.2. The number of hydrogen-bond acceptors (Lipinski definition) is 3. The van der Waals surface area contributed by atoms with E-state index in [9.17, 15) is 0 Å². The number of aromatic nitrogens is 2. The molecule has 2 aliphatic carbocycles. The number of nitrogens with two attached hydrogens (primary N) is 1. The van der Waals surface area contributed by atoms with Gasteiger partial charge in [0.15, 0.2) is 0 Å². The standard InChI is InChI=1S/C31H52N4/c1-31(32)19-10-5-3-2-4-7-12-26(16-20-31)25-11-8-6-9-13-28(15-14-25)34-22-17-27-23-35-30-24-33-21-18-29(27)30/h18,21,23-26,28,34-35H,2-17,19-20,22,32H2,1H3. The molecule has 2 saturated carbocycles. The Hall–Kier alpha value is -1.39. The van der Waals surface area contributed by atoms with Gasteiger partial charge in [-0.15, -0.1) is 0 Å². The summed E-state index contributed by atoms with van der Waals surface area (Å²) in [4.78, 5) is 7.61. The lowest BCUT2D eigenvalue weighted by molar-refractivity contribution is 0.216. The molecule has 0 amide bonds. The van der Waals surface area contributed by atoms with E-state index in [1.54, 1.807) is 0 Å². The summed E-state index contributed by atoms with van der Waals surface area (Å²) in [5, 5.41) is 5.29. The highest BCUT2D eigenvalue weighted by Crippen LogP contribution is 2.36. The number of nitrogens with zero attached hydrogens (tertiary/aromatic N) is 1. The third-order valence-electron chi connectivity index (χ3n) is 9.24. The molecular formula is C31H52N4. The molecule has 35 heavy (non-hydrogen) atoms. The molecule has 0 aromatic carbocycles. The summed E-state index contributed by atoms with van der Waals surface area (Å²) in [5.41, 5.74) is 9.37. The number of hydrogen-bond donors (Lipinski definition) is 3. The van der Waals surface area contributed by atoms with E-state index in [-0.39, 0.29) is 5.54 Å². The zero-order chi connectivity index (χ0) is 24.3. The molecule has 196 valence electrons. The molecule has 2 fully saturated rings. The lowest BCUT2D eigenvalue weighted by Gasteiger charge is -2.33. The minimum atomic E-state index is 0.0402. The van der Waals surface area contributed by atoms with Gasteiger partial charge in [0, 0.05) is 29.4 Å².